The van der Waals surface area contributed by atoms with Crippen molar-refractivity contribution in [3.05, 3.63) is 36.5 Å². The number of nitrogens with zero attached hydrogens (tertiary/aromatic N) is 3. The first-order chi connectivity index (χ1) is 16.8. The summed E-state index contributed by atoms with van der Waals surface area (Å²) in [5, 5.41) is 5.54. The van der Waals surface area contributed by atoms with Crippen LogP contribution in [0.2, 0.25) is 0 Å². The fraction of sp³-hybridized carbons (Fsp3) is 0.519. The highest BCUT2D eigenvalue weighted by atomic mass is 16.7. The van der Waals surface area contributed by atoms with Crippen molar-refractivity contribution < 1.29 is 23.6 Å². The van der Waals surface area contributed by atoms with Crippen molar-refractivity contribution in [3.63, 3.8) is 0 Å². The second-order valence-electron chi connectivity index (χ2n) is 10.6. The normalized spacial score (nSPS) is 16.4. The standard InChI is InChI=1S/C25H32BN3O5.C2H6/c1-23(2,3)22(30)32-15-29-21-18(20(28-29)17-11-9-10-12-19(17)31-8)13-16(14-27-21)26-33-24(4,5)25(6,7)34-26;1-2/h9-14H,15H2,1-8H3;1-2H3. The molecule has 0 unspecified atom stereocenters. The van der Waals surface area contributed by atoms with Crippen LogP contribution >= 0.6 is 0 Å². The van der Waals surface area contributed by atoms with Crippen molar-refractivity contribution in [1.29, 1.82) is 0 Å². The molecule has 0 aliphatic carbocycles. The number of para-hydroxylation sites is 1. The number of rotatable bonds is 5. The van der Waals surface area contributed by atoms with Gasteiger partial charge in [-0.1, -0.05) is 26.0 Å². The first-order valence-electron chi connectivity index (χ1n) is 12.4. The highest BCUT2D eigenvalue weighted by molar-refractivity contribution is 6.62. The Labute approximate surface area is 214 Å². The molecule has 0 N–H and O–H groups in total. The Morgan fingerprint density at radius 2 is 1.69 bits per heavy atom. The SMILES string of the molecule is CC.COc1ccccc1-c1nn(COC(=O)C(C)(C)C)c2ncc(B3OC(C)(C)C(C)(C)O3)cc12. The molecule has 3 heterocycles. The number of pyridine rings is 1. The molecule has 9 heteroatoms. The zero-order chi connectivity index (χ0) is 26.9. The van der Waals surface area contributed by atoms with Crippen LogP contribution < -0.4 is 10.2 Å². The summed E-state index contributed by atoms with van der Waals surface area (Å²) in [5.74, 6) is 0.366. The van der Waals surface area contributed by atoms with Gasteiger partial charge in [-0.05, 0) is 66.7 Å². The molecule has 8 nitrogen and oxygen atoms in total. The number of fused-ring (bicyclic) bond motifs is 1. The van der Waals surface area contributed by atoms with Gasteiger partial charge in [0, 0.05) is 22.6 Å². The first-order valence-corrected chi connectivity index (χ1v) is 12.4. The molecule has 0 bridgehead atoms. The summed E-state index contributed by atoms with van der Waals surface area (Å²) < 4.78 is 25.2. The van der Waals surface area contributed by atoms with Crippen molar-refractivity contribution in [2.24, 2.45) is 5.41 Å². The van der Waals surface area contributed by atoms with Gasteiger partial charge < -0.3 is 18.8 Å². The Bertz CT molecular complexity index is 1210. The summed E-state index contributed by atoms with van der Waals surface area (Å²) in [6.07, 6.45) is 1.72. The summed E-state index contributed by atoms with van der Waals surface area (Å²) in [6.45, 7) is 17.4. The minimum Gasteiger partial charge on any atom is -0.496 e. The van der Waals surface area contributed by atoms with E-state index in [-0.39, 0.29) is 12.7 Å². The van der Waals surface area contributed by atoms with E-state index in [1.165, 1.54) is 0 Å². The fourth-order valence-electron chi connectivity index (χ4n) is 3.65. The number of hydrogen-bond acceptors (Lipinski definition) is 7. The Kier molecular flexibility index (Phi) is 7.86. The molecule has 194 valence electrons. The van der Waals surface area contributed by atoms with E-state index >= 15 is 0 Å². The molecule has 1 aliphatic heterocycles. The lowest BCUT2D eigenvalue weighted by Crippen LogP contribution is -2.41. The van der Waals surface area contributed by atoms with E-state index in [2.05, 4.69) is 4.98 Å². The number of carbonyl (C=O) groups excluding carboxylic acids is 1. The molecule has 0 radical (unpaired) electrons. The molecule has 36 heavy (non-hydrogen) atoms. The summed E-state index contributed by atoms with van der Waals surface area (Å²) in [5.41, 5.74) is 1.30. The predicted octanol–water partition coefficient (Wildman–Crippen LogP) is 4.98. The summed E-state index contributed by atoms with van der Waals surface area (Å²) >= 11 is 0. The van der Waals surface area contributed by atoms with E-state index in [0.29, 0.717) is 17.1 Å². The second-order valence-corrected chi connectivity index (χ2v) is 10.6. The van der Waals surface area contributed by atoms with Gasteiger partial charge in [-0.3, -0.25) is 4.79 Å². The van der Waals surface area contributed by atoms with E-state index in [9.17, 15) is 4.79 Å². The molecule has 1 fully saturated rings. The number of benzene rings is 1. The predicted molar refractivity (Wildman–Crippen MR) is 142 cm³/mol. The molecule has 4 rings (SSSR count). The molecule has 0 amide bonds. The number of esters is 1. The van der Waals surface area contributed by atoms with Crippen molar-refractivity contribution >= 4 is 29.6 Å². The van der Waals surface area contributed by atoms with Crippen molar-refractivity contribution in [2.75, 3.05) is 7.11 Å². The Morgan fingerprint density at radius 1 is 1.08 bits per heavy atom. The van der Waals surface area contributed by atoms with Gasteiger partial charge >= 0.3 is 13.1 Å². The minimum absolute atomic E-state index is 0.0510. The molecular formula is C27H38BN3O5. The van der Waals surface area contributed by atoms with Crippen LogP contribution in [0.25, 0.3) is 22.3 Å². The van der Waals surface area contributed by atoms with E-state index in [4.69, 9.17) is 23.9 Å². The lowest BCUT2D eigenvalue weighted by atomic mass is 9.80. The largest absolute Gasteiger partial charge is 0.496 e. The smallest absolute Gasteiger partial charge is 0.496 e. The number of carbonyl (C=O) groups is 1. The van der Waals surface area contributed by atoms with Crippen molar-refractivity contribution in [2.45, 2.75) is 80.2 Å². The third-order valence-corrected chi connectivity index (χ3v) is 6.43. The second kappa shape index (κ2) is 10.2. The minimum atomic E-state index is -0.619. The zero-order valence-electron chi connectivity index (χ0n) is 23.1. The molecule has 1 saturated heterocycles. The van der Waals surface area contributed by atoms with Gasteiger partial charge in [-0.2, -0.15) is 5.10 Å². The van der Waals surface area contributed by atoms with E-state index in [1.807, 2.05) is 92.6 Å². The van der Waals surface area contributed by atoms with Crippen molar-refractivity contribution in [1.82, 2.24) is 14.8 Å². The van der Waals surface area contributed by atoms with Crippen LogP contribution in [-0.2, 0) is 25.6 Å². The fourth-order valence-corrected chi connectivity index (χ4v) is 3.65. The van der Waals surface area contributed by atoms with Crippen LogP contribution in [-0.4, -0.2) is 46.2 Å². The van der Waals surface area contributed by atoms with Gasteiger partial charge in [0.1, 0.15) is 11.4 Å². The van der Waals surface area contributed by atoms with Crippen LogP contribution in [0.15, 0.2) is 36.5 Å². The van der Waals surface area contributed by atoms with Crippen LogP contribution in [0.3, 0.4) is 0 Å². The third-order valence-electron chi connectivity index (χ3n) is 6.43. The Balaban J connectivity index is 0.00000176. The number of ether oxygens (including phenoxy) is 2. The highest BCUT2D eigenvalue weighted by Gasteiger charge is 2.52. The topological polar surface area (TPSA) is 84.7 Å². The van der Waals surface area contributed by atoms with Crippen LogP contribution in [0.4, 0.5) is 0 Å². The van der Waals surface area contributed by atoms with Crippen molar-refractivity contribution in [3.8, 4) is 17.0 Å². The summed E-state index contributed by atoms with van der Waals surface area (Å²) in [4.78, 5) is 17.0. The van der Waals surface area contributed by atoms with Crippen LogP contribution in [0.5, 0.6) is 5.75 Å². The van der Waals surface area contributed by atoms with Crippen LogP contribution in [0, 0.1) is 5.41 Å². The molecule has 0 atom stereocenters. The third kappa shape index (κ3) is 5.27. The molecule has 0 saturated carbocycles. The molecular weight excluding hydrogens is 457 g/mol. The van der Waals surface area contributed by atoms with Gasteiger partial charge in [0.25, 0.3) is 0 Å². The molecule has 1 aliphatic rings. The lowest BCUT2D eigenvalue weighted by molar-refractivity contribution is -0.157. The van der Waals surface area contributed by atoms with Gasteiger partial charge in [-0.15, -0.1) is 0 Å². The highest BCUT2D eigenvalue weighted by Crippen LogP contribution is 2.37. The Morgan fingerprint density at radius 3 is 2.28 bits per heavy atom. The number of methoxy groups -OCH3 is 1. The first kappa shape index (κ1) is 27.7. The van der Waals surface area contributed by atoms with Gasteiger partial charge in [-0.25, -0.2) is 9.67 Å². The lowest BCUT2D eigenvalue weighted by Gasteiger charge is -2.32. The summed E-state index contributed by atoms with van der Waals surface area (Å²) in [6, 6.07) is 9.62. The maximum atomic E-state index is 12.4. The maximum absolute atomic E-state index is 12.4. The molecule has 2 aromatic heterocycles. The number of aromatic nitrogens is 3. The maximum Gasteiger partial charge on any atom is 0.496 e. The molecule has 3 aromatic rings. The van der Waals surface area contributed by atoms with Crippen LogP contribution in [0.1, 0.15) is 62.3 Å². The van der Waals surface area contributed by atoms with Gasteiger partial charge in [0.15, 0.2) is 12.4 Å². The monoisotopic (exact) mass is 495 g/mol. The zero-order valence-corrected chi connectivity index (χ0v) is 23.1. The van der Waals surface area contributed by atoms with E-state index in [1.54, 1.807) is 18.0 Å². The quantitative estimate of drug-likeness (QED) is 0.365. The average molecular weight is 495 g/mol. The summed E-state index contributed by atoms with van der Waals surface area (Å²) in [7, 11) is 1.06. The van der Waals surface area contributed by atoms with Gasteiger partial charge in [0.2, 0.25) is 0 Å². The number of hydrogen-bond donors (Lipinski definition) is 0. The van der Waals surface area contributed by atoms with Gasteiger partial charge in [0.05, 0.1) is 23.7 Å². The van der Waals surface area contributed by atoms with E-state index < -0.39 is 23.7 Å². The molecule has 1 aromatic carbocycles. The average Bonchev–Trinajstić information content (AvgIpc) is 3.30. The Hall–Kier alpha value is -2.91. The van der Waals surface area contributed by atoms with E-state index in [0.717, 1.165) is 16.4 Å². The molecule has 0 spiro atoms.